The lowest BCUT2D eigenvalue weighted by Crippen LogP contribution is -2.19. The monoisotopic (exact) mass is 372 g/mol. The molecule has 0 bridgehead atoms. The fraction of sp³-hybridized carbons (Fsp3) is 0.200. The maximum atomic E-state index is 10.3. The van der Waals surface area contributed by atoms with Crippen molar-refractivity contribution in [3.05, 3.63) is 62.0 Å². The summed E-state index contributed by atoms with van der Waals surface area (Å²) in [6.45, 7) is 0. The number of aliphatic hydroxyl groups excluding tert-OH is 1. The molecule has 1 N–H and O–H groups in total. The van der Waals surface area contributed by atoms with Crippen molar-refractivity contribution in [3.63, 3.8) is 0 Å². The van der Waals surface area contributed by atoms with Gasteiger partial charge in [-0.05, 0) is 30.3 Å². The average Bonchev–Trinajstić information content (AvgIpc) is 2.39. The SMILES string of the molecule is O[C@H]1CC(c2c(Cl)cccc2Cl)Oc2ccc(Br)cc21. The molecule has 2 aromatic rings. The highest BCUT2D eigenvalue weighted by Gasteiger charge is 2.30. The van der Waals surface area contributed by atoms with Gasteiger partial charge in [0.05, 0.1) is 6.10 Å². The van der Waals surface area contributed by atoms with E-state index in [-0.39, 0.29) is 6.10 Å². The van der Waals surface area contributed by atoms with Gasteiger partial charge in [-0.2, -0.15) is 0 Å². The van der Waals surface area contributed by atoms with Crippen LogP contribution in [0.1, 0.15) is 29.8 Å². The second kappa shape index (κ2) is 5.57. The summed E-state index contributed by atoms with van der Waals surface area (Å²) < 4.78 is 6.87. The zero-order chi connectivity index (χ0) is 14.3. The molecule has 1 heterocycles. The minimum atomic E-state index is -0.603. The Morgan fingerprint density at radius 3 is 2.55 bits per heavy atom. The van der Waals surface area contributed by atoms with Crippen LogP contribution >= 0.6 is 39.1 Å². The predicted octanol–water partition coefficient (Wildman–Crippen LogP) is 5.31. The third-order valence-corrected chi connectivity index (χ3v) is 4.51. The van der Waals surface area contributed by atoms with E-state index < -0.39 is 6.10 Å². The summed E-state index contributed by atoms with van der Waals surface area (Å²) in [5, 5.41) is 11.4. The highest BCUT2D eigenvalue weighted by Crippen LogP contribution is 2.44. The zero-order valence-corrected chi connectivity index (χ0v) is 13.4. The third kappa shape index (κ3) is 2.56. The van der Waals surface area contributed by atoms with Crippen molar-refractivity contribution in [1.82, 2.24) is 0 Å². The van der Waals surface area contributed by atoms with E-state index in [1.54, 1.807) is 18.2 Å². The van der Waals surface area contributed by atoms with Gasteiger partial charge in [0, 0.05) is 32.1 Å². The number of benzene rings is 2. The normalized spacial score (nSPS) is 21.2. The van der Waals surface area contributed by atoms with Crippen LogP contribution in [0.4, 0.5) is 0 Å². The number of aliphatic hydroxyl groups is 1. The van der Waals surface area contributed by atoms with Crippen molar-refractivity contribution < 1.29 is 9.84 Å². The van der Waals surface area contributed by atoms with Crippen molar-refractivity contribution in [2.45, 2.75) is 18.6 Å². The first kappa shape index (κ1) is 14.2. The van der Waals surface area contributed by atoms with Crippen molar-refractivity contribution in [2.75, 3.05) is 0 Å². The van der Waals surface area contributed by atoms with Crippen LogP contribution in [0.2, 0.25) is 10.0 Å². The van der Waals surface area contributed by atoms with Gasteiger partial charge in [-0.3, -0.25) is 0 Å². The Labute approximate surface area is 135 Å². The second-order valence-corrected chi connectivity index (χ2v) is 6.41. The molecule has 2 atom stereocenters. The molecule has 1 unspecified atom stereocenters. The fourth-order valence-corrected chi connectivity index (χ4v) is 3.43. The van der Waals surface area contributed by atoms with Gasteiger partial charge < -0.3 is 9.84 Å². The smallest absolute Gasteiger partial charge is 0.129 e. The van der Waals surface area contributed by atoms with Crippen LogP contribution < -0.4 is 4.74 Å². The second-order valence-electron chi connectivity index (χ2n) is 4.68. The summed E-state index contributed by atoms with van der Waals surface area (Å²) in [5.74, 6) is 0.660. The molecule has 0 aliphatic carbocycles. The highest BCUT2D eigenvalue weighted by molar-refractivity contribution is 9.10. The first-order valence-corrected chi connectivity index (χ1v) is 7.69. The van der Waals surface area contributed by atoms with E-state index in [0.717, 1.165) is 15.6 Å². The lowest BCUT2D eigenvalue weighted by atomic mass is 9.95. The average molecular weight is 374 g/mol. The molecule has 0 radical (unpaired) electrons. The molecule has 2 nitrogen and oxygen atoms in total. The fourth-order valence-electron chi connectivity index (χ4n) is 2.41. The molecule has 1 aliphatic rings. The number of fused-ring (bicyclic) bond motifs is 1. The number of hydrogen-bond acceptors (Lipinski definition) is 2. The van der Waals surface area contributed by atoms with Gasteiger partial charge in [0.2, 0.25) is 0 Å². The maximum absolute atomic E-state index is 10.3. The van der Waals surface area contributed by atoms with Gasteiger partial charge in [-0.25, -0.2) is 0 Å². The van der Waals surface area contributed by atoms with Crippen molar-refractivity contribution in [1.29, 1.82) is 0 Å². The minimum Gasteiger partial charge on any atom is -0.485 e. The van der Waals surface area contributed by atoms with Crippen LogP contribution in [0.15, 0.2) is 40.9 Å². The summed E-state index contributed by atoms with van der Waals surface area (Å²) in [5.41, 5.74) is 1.50. The van der Waals surface area contributed by atoms with Gasteiger partial charge in [0.15, 0.2) is 0 Å². The quantitative estimate of drug-likeness (QED) is 0.733. The Bertz CT molecular complexity index is 640. The van der Waals surface area contributed by atoms with Crippen molar-refractivity contribution in [3.8, 4) is 5.75 Å². The van der Waals surface area contributed by atoms with Crippen molar-refractivity contribution >= 4 is 39.1 Å². The molecule has 2 aromatic carbocycles. The van der Waals surface area contributed by atoms with E-state index in [9.17, 15) is 5.11 Å². The molecule has 5 heteroatoms. The van der Waals surface area contributed by atoms with Gasteiger partial charge in [0.1, 0.15) is 11.9 Å². The third-order valence-electron chi connectivity index (χ3n) is 3.36. The van der Waals surface area contributed by atoms with E-state index in [0.29, 0.717) is 22.2 Å². The predicted molar refractivity (Wildman–Crippen MR) is 83.5 cm³/mol. The van der Waals surface area contributed by atoms with E-state index in [1.807, 2.05) is 18.2 Å². The number of rotatable bonds is 1. The summed E-state index contributed by atoms with van der Waals surface area (Å²) in [6.07, 6.45) is -0.527. The first-order valence-electron chi connectivity index (χ1n) is 6.14. The summed E-state index contributed by atoms with van der Waals surface area (Å²) in [7, 11) is 0. The van der Waals surface area contributed by atoms with Gasteiger partial charge >= 0.3 is 0 Å². The van der Waals surface area contributed by atoms with Crippen LogP contribution in [-0.2, 0) is 0 Å². The summed E-state index contributed by atoms with van der Waals surface area (Å²) in [4.78, 5) is 0. The Kier molecular flexibility index (Phi) is 3.95. The van der Waals surface area contributed by atoms with E-state index in [4.69, 9.17) is 27.9 Å². The maximum Gasteiger partial charge on any atom is 0.129 e. The van der Waals surface area contributed by atoms with E-state index in [1.165, 1.54) is 0 Å². The molecule has 3 rings (SSSR count). The molecule has 0 aromatic heterocycles. The lowest BCUT2D eigenvalue weighted by molar-refractivity contribution is 0.0658. The Morgan fingerprint density at radius 2 is 1.85 bits per heavy atom. The van der Waals surface area contributed by atoms with Gasteiger partial charge in [-0.15, -0.1) is 0 Å². The molecular formula is C15H11BrCl2O2. The Morgan fingerprint density at radius 1 is 1.15 bits per heavy atom. The van der Waals surface area contributed by atoms with Crippen LogP contribution in [0, 0.1) is 0 Å². The molecule has 0 saturated carbocycles. The molecule has 0 fully saturated rings. The molecular weight excluding hydrogens is 363 g/mol. The molecule has 0 amide bonds. The number of ether oxygens (including phenoxy) is 1. The standard InChI is InChI=1S/C15H11BrCl2O2/c16-8-4-5-13-9(6-8)12(19)7-14(20-13)15-10(17)2-1-3-11(15)18/h1-6,12,14,19H,7H2/t12-,14?/m0/s1. The van der Waals surface area contributed by atoms with Crippen LogP contribution in [0.25, 0.3) is 0 Å². The molecule has 0 spiro atoms. The number of halogens is 3. The van der Waals surface area contributed by atoms with Gasteiger partial charge in [0.25, 0.3) is 0 Å². The van der Waals surface area contributed by atoms with Gasteiger partial charge in [-0.1, -0.05) is 45.2 Å². The van der Waals surface area contributed by atoms with E-state index in [2.05, 4.69) is 15.9 Å². The number of hydrogen-bond donors (Lipinski definition) is 1. The molecule has 1 aliphatic heterocycles. The van der Waals surface area contributed by atoms with E-state index >= 15 is 0 Å². The Balaban J connectivity index is 2.01. The van der Waals surface area contributed by atoms with Crippen LogP contribution in [0.5, 0.6) is 5.75 Å². The van der Waals surface area contributed by atoms with Crippen molar-refractivity contribution in [2.24, 2.45) is 0 Å². The summed E-state index contributed by atoms with van der Waals surface area (Å²) >= 11 is 15.8. The largest absolute Gasteiger partial charge is 0.485 e. The minimum absolute atomic E-state index is 0.347. The Hall–Kier alpha value is -0.740. The van der Waals surface area contributed by atoms with Crippen LogP contribution in [0.3, 0.4) is 0 Å². The lowest BCUT2D eigenvalue weighted by Gasteiger charge is -2.31. The molecule has 0 saturated heterocycles. The summed E-state index contributed by atoms with van der Waals surface area (Å²) in [6, 6.07) is 10.9. The highest BCUT2D eigenvalue weighted by atomic mass is 79.9. The molecule has 20 heavy (non-hydrogen) atoms. The molecule has 104 valence electrons. The zero-order valence-electron chi connectivity index (χ0n) is 10.3. The van der Waals surface area contributed by atoms with Crippen LogP contribution in [-0.4, -0.2) is 5.11 Å². The topological polar surface area (TPSA) is 29.5 Å². The first-order chi connectivity index (χ1) is 9.56.